The van der Waals surface area contributed by atoms with Crippen molar-refractivity contribution in [1.29, 1.82) is 5.41 Å². The Morgan fingerprint density at radius 3 is 2.60 bits per heavy atom. The van der Waals surface area contributed by atoms with Crippen LogP contribution in [0.1, 0.15) is 39.0 Å². The summed E-state index contributed by atoms with van der Waals surface area (Å²) in [5, 5.41) is 6.73. The van der Waals surface area contributed by atoms with E-state index in [1.165, 1.54) is 19.1 Å². The molecule has 0 aliphatic carbocycles. The summed E-state index contributed by atoms with van der Waals surface area (Å²) in [4.78, 5) is 0. The molecule has 10 heavy (non-hydrogen) atoms. The van der Waals surface area contributed by atoms with Crippen molar-refractivity contribution in [2.45, 2.75) is 39.0 Å². The van der Waals surface area contributed by atoms with E-state index >= 15 is 0 Å². The summed E-state index contributed by atoms with van der Waals surface area (Å²) in [6, 6.07) is 0. The van der Waals surface area contributed by atoms with Gasteiger partial charge in [0.1, 0.15) is 0 Å². The number of unbranched alkanes of at least 4 members (excludes halogenated alkanes) is 3. The van der Waals surface area contributed by atoms with Crippen molar-refractivity contribution in [3.8, 4) is 11.8 Å². The molecule has 0 aliphatic rings. The highest BCUT2D eigenvalue weighted by molar-refractivity contribution is 5.53. The van der Waals surface area contributed by atoms with Crippen molar-refractivity contribution >= 4 is 6.21 Å². The van der Waals surface area contributed by atoms with Gasteiger partial charge in [-0.2, -0.15) is 0 Å². The second-order valence-electron chi connectivity index (χ2n) is 2.20. The maximum Gasteiger partial charge on any atom is 0.0138 e. The molecule has 0 atom stereocenters. The monoisotopic (exact) mass is 137 g/mol. The molecule has 0 spiro atoms. The minimum absolute atomic E-state index is 0.805. The fraction of sp³-hybridized carbons (Fsp3) is 0.667. The largest absolute Gasteiger partial charge is 0.313 e. The smallest absolute Gasteiger partial charge is 0.0138 e. The third-order valence-electron chi connectivity index (χ3n) is 1.19. The summed E-state index contributed by atoms with van der Waals surface area (Å²) in [5.74, 6) is 6.09. The van der Waals surface area contributed by atoms with Gasteiger partial charge in [-0.1, -0.05) is 13.3 Å². The highest BCUT2D eigenvalue weighted by Crippen LogP contribution is 1.91. The summed E-state index contributed by atoms with van der Waals surface area (Å²) in [5.41, 5.74) is 0. The van der Waals surface area contributed by atoms with Gasteiger partial charge in [-0.15, -0.1) is 11.8 Å². The molecule has 0 aromatic rings. The van der Waals surface area contributed by atoms with Crippen molar-refractivity contribution in [1.82, 2.24) is 0 Å². The Hall–Kier alpha value is -0.770. The molecule has 0 heterocycles. The van der Waals surface area contributed by atoms with E-state index in [1.807, 2.05) is 0 Å². The van der Waals surface area contributed by atoms with Crippen molar-refractivity contribution in [3.05, 3.63) is 0 Å². The van der Waals surface area contributed by atoms with Crippen LogP contribution in [0.3, 0.4) is 0 Å². The second kappa shape index (κ2) is 8.23. The Bertz CT molecular complexity index is 127. The summed E-state index contributed by atoms with van der Waals surface area (Å²) in [6.45, 7) is 2.17. The summed E-state index contributed by atoms with van der Waals surface area (Å²) < 4.78 is 0. The first-order valence-corrected chi connectivity index (χ1v) is 3.86. The molecule has 0 unspecified atom stereocenters. The van der Waals surface area contributed by atoms with E-state index in [1.54, 1.807) is 0 Å². The molecule has 0 rings (SSSR count). The first-order chi connectivity index (χ1) is 4.91. The van der Waals surface area contributed by atoms with E-state index in [0.29, 0.717) is 0 Å². The lowest BCUT2D eigenvalue weighted by atomic mass is 10.2. The molecule has 0 radical (unpaired) electrons. The van der Waals surface area contributed by atoms with Gasteiger partial charge in [0.05, 0.1) is 0 Å². The standard InChI is InChI=1S/C9H15N/c1-2-3-4-5-6-7-8-9-10/h9-10H,2-4,7-8H2,1H3. The van der Waals surface area contributed by atoms with E-state index in [-0.39, 0.29) is 0 Å². The molecule has 1 N–H and O–H groups in total. The summed E-state index contributed by atoms with van der Waals surface area (Å²) in [6.07, 6.45) is 6.52. The topological polar surface area (TPSA) is 23.9 Å². The zero-order valence-corrected chi connectivity index (χ0v) is 6.61. The third kappa shape index (κ3) is 7.23. The molecular weight excluding hydrogens is 122 g/mol. The number of rotatable bonds is 4. The lowest BCUT2D eigenvalue weighted by Crippen LogP contribution is -1.71. The molecule has 0 aromatic heterocycles. The summed E-state index contributed by atoms with van der Waals surface area (Å²) in [7, 11) is 0. The van der Waals surface area contributed by atoms with E-state index in [4.69, 9.17) is 5.41 Å². The van der Waals surface area contributed by atoms with Crippen LogP contribution < -0.4 is 0 Å². The van der Waals surface area contributed by atoms with Crippen LogP contribution in [0.25, 0.3) is 0 Å². The van der Waals surface area contributed by atoms with Crippen LogP contribution in [0.5, 0.6) is 0 Å². The van der Waals surface area contributed by atoms with Gasteiger partial charge in [-0.3, -0.25) is 0 Å². The van der Waals surface area contributed by atoms with Crippen LogP contribution in [0.15, 0.2) is 0 Å². The normalized spacial score (nSPS) is 8.10. The molecule has 1 nitrogen and oxygen atoms in total. The molecule has 56 valence electrons. The van der Waals surface area contributed by atoms with Crippen molar-refractivity contribution in [2.75, 3.05) is 0 Å². The molecule has 0 aromatic carbocycles. The van der Waals surface area contributed by atoms with Crippen LogP contribution in [0.2, 0.25) is 0 Å². The SMILES string of the molecule is CCCCC#CCCC=N. The number of nitrogens with one attached hydrogen (secondary N) is 1. The van der Waals surface area contributed by atoms with Crippen LogP contribution in [-0.4, -0.2) is 6.21 Å². The minimum atomic E-state index is 0.805. The Balaban J connectivity index is 3.06. The van der Waals surface area contributed by atoms with Gasteiger partial charge in [0, 0.05) is 12.8 Å². The Labute approximate surface area is 63.3 Å². The summed E-state index contributed by atoms with van der Waals surface area (Å²) >= 11 is 0. The molecule has 0 fully saturated rings. The van der Waals surface area contributed by atoms with Crippen molar-refractivity contribution in [3.63, 3.8) is 0 Å². The predicted molar refractivity (Wildman–Crippen MR) is 45.3 cm³/mol. The fourth-order valence-electron chi connectivity index (χ4n) is 0.586. The molecular formula is C9H15N. The second-order valence-corrected chi connectivity index (χ2v) is 2.20. The molecule has 0 amide bonds. The van der Waals surface area contributed by atoms with Gasteiger partial charge in [0.25, 0.3) is 0 Å². The van der Waals surface area contributed by atoms with Crippen molar-refractivity contribution < 1.29 is 0 Å². The molecule has 0 aliphatic heterocycles. The first kappa shape index (κ1) is 9.23. The highest BCUT2D eigenvalue weighted by atomic mass is 14.3. The van der Waals surface area contributed by atoms with Gasteiger partial charge in [-0.25, -0.2) is 0 Å². The van der Waals surface area contributed by atoms with E-state index in [2.05, 4.69) is 18.8 Å². The quantitative estimate of drug-likeness (QED) is 0.350. The predicted octanol–water partition coefficient (Wildman–Crippen LogP) is 2.61. The highest BCUT2D eigenvalue weighted by Gasteiger charge is 1.76. The van der Waals surface area contributed by atoms with Gasteiger partial charge in [-0.05, 0) is 19.1 Å². The average molecular weight is 137 g/mol. The van der Waals surface area contributed by atoms with Crippen LogP contribution in [-0.2, 0) is 0 Å². The third-order valence-corrected chi connectivity index (χ3v) is 1.19. The van der Waals surface area contributed by atoms with E-state index in [0.717, 1.165) is 19.3 Å². The average Bonchev–Trinajstić information content (AvgIpc) is 1.97. The van der Waals surface area contributed by atoms with Crippen molar-refractivity contribution in [2.24, 2.45) is 0 Å². The van der Waals surface area contributed by atoms with E-state index in [9.17, 15) is 0 Å². The Morgan fingerprint density at radius 1 is 1.30 bits per heavy atom. The van der Waals surface area contributed by atoms with E-state index < -0.39 is 0 Å². The molecule has 0 saturated heterocycles. The van der Waals surface area contributed by atoms with Gasteiger partial charge >= 0.3 is 0 Å². The van der Waals surface area contributed by atoms with Crippen LogP contribution in [0.4, 0.5) is 0 Å². The van der Waals surface area contributed by atoms with Crippen LogP contribution >= 0.6 is 0 Å². The Kier molecular flexibility index (Phi) is 7.60. The molecule has 0 bridgehead atoms. The number of hydrogen-bond acceptors (Lipinski definition) is 1. The molecule has 1 heteroatoms. The first-order valence-electron chi connectivity index (χ1n) is 3.86. The lowest BCUT2D eigenvalue weighted by Gasteiger charge is -1.83. The molecule has 0 saturated carbocycles. The van der Waals surface area contributed by atoms with Gasteiger partial charge in [0.2, 0.25) is 0 Å². The maximum absolute atomic E-state index is 6.73. The van der Waals surface area contributed by atoms with Crippen LogP contribution in [0, 0.1) is 17.3 Å². The van der Waals surface area contributed by atoms with Gasteiger partial charge in [0.15, 0.2) is 0 Å². The van der Waals surface area contributed by atoms with Gasteiger partial charge < -0.3 is 5.41 Å². The minimum Gasteiger partial charge on any atom is -0.313 e. The zero-order chi connectivity index (χ0) is 7.66. The maximum atomic E-state index is 6.73. The number of hydrogen-bond donors (Lipinski definition) is 1. The zero-order valence-electron chi connectivity index (χ0n) is 6.61. The lowest BCUT2D eigenvalue weighted by molar-refractivity contribution is 0.827. The fourth-order valence-corrected chi connectivity index (χ4v) is 0.586. The Morgan fingerprint density at radius 2 is 2.00 bits per heavy atom.